The number of amides is 1. The number of hydrogen-bond donors (Lipinski definition) is 2. The molecular formula is C33H31F2NO4. The van der Waals surface area contributed by atoms with Gasteiger partial charge in [-0.05, 0) is 84.2 Å². The third-order valence-electron chi connectivity index (χ3n) is 8.81. The maximum absolute atomic E-state index is 15.8. The number of carbonyl (C=O) groups excluding carboxylic acids is 1. The van der Waals surface area contributed by atoms with Crippen molar-refractivity contribution in [2.45, 2.75) is 52.1 Å². The summed E-state index contributed by atoms with van der Waals surface area (Å²) in [5.41, 5.74) is 4.40. The number of rotatable bonds is 6. The Hall–Kier alpha value is -4.00. The first-order valence-electron chi connectivity index (χ1n) is 13.6. The first-order valence-corrected chi connectivity index (χ1v) is 13.6. The summed E-state index contributed by atoms with van der Waals surface area (Å²) in [4.78, 5) is 24.1. The molecule has 0 saturated heterocycles. The number of aryl methyl sites for hydroxylation is 1. The lowest BCUT2D eigenvalue weighted by Gasteiger charge is -2.27. The van der Waals surface area contributed by atoms with Crippen molar-refractivity contribution in [3.05, 3.63) is 94.1 Å². The van der Waals surface area contributed by atoms with E-state index in [1.54, 1.807) is 6.07 Å². The highest BCUT2D eigenvalue weighted by Gasteiger charge is 2.63. The third kappa shape index (κ3) is 4.19. The number of fused-ring (bicyclic) bond motifs is 2. The van der Waals surface area contributed by atoms with Crippen molar-refractivity contribution in [1.29, 1.82) is 0 Å². The average molecular weight is 544 g/mol. The number of carbonyl (C=O) groups is 2. The van der Waals surface area contributed by atoms with Crippen molar-refractivity contribution in [2.24, 2.45) is 11.3 Å². The first-order chi connectivity index (χ1) is 19.0. The maximum atomic E-state index is 15.8. The number of benzene rings is 3. The predicted octanol–water partition coefficient (Wildman–Crippen LogP) is 6.81. The van der Waals surface area contributed by atoms with Gasteiger partial charge in [0.15, 0.2) is 11.6 Å². The standard InChI is InChI=1S/C33H31F2NO4/c1-18-6-10-26(34)23(13-18)20-8-7-19(14-22(20)24-5-4-12-32(24,2)3)16-40-27-11-9-21-28(29(27)35)33(17-36-30(21)37)15-25(33)31(38)39/h5-11,13-14,25H,4,12,15-17H2,1-3H3,(H,36,37)(H,38,39)/t25-,33-/m0/s1. The molecule has 40 heavy (non-hydrogen) atoms. The molecule has 1 heterocycles. The fraction of sp³-hybridized carbons (Fsp3) is 0.333. The number of carboxylic acid groups (broad SMARTS) is 1. The fourth-order valence-electron chi connectivity index (χ4n) is 6.48. The number of aliphatic carboxylic acids is 1. The molecule has 5 nitrogen and oxygen atoms in total. The van der Waals surface area contributed by atoms with Gasteiger partial charge in [0, 0.05) is 28.7 Å². The van der Waals surface area contributed by atoms with Crippen LogP contribution in [0.25, 0.3) is 16.7 Å². The minimum atomic E-state index is -1.00. The van der Waals surface area contributed by atoms with Crippen LogP contribution >= 0.6 is 0 Å². The summed E-state index contributed by atoms with van der Waals surface area (Å²) >= 11 is 0. The van der Waals surface area contributed by atoms with Crippen LogP contribution in [0.5, 0.6) is 5.75 Å². The molecule has 0 radical (unpaired) electrons. The SMILES string of the molecule is Cc1ccc(F)c(-c2ccc(COc3ccc4c(c3F)[C@]3(CNC4=O)C[C@H]3C(=O)O)cc2C2=CCCC2(C)C)c1. The molecule has 2 atom stereocenters. The number of halogens is 2. The molecule has 3 aliphatic rings. The molecule has 1 saturated carbocycles. The van der Waals surface area contributed by atoms with E-state index in [4.69, 9.17) is 4.74 Å². The Morgan fingerprint density at radius 3 is 2.52 bits per heavy atom. The second-order valence-electron chi connectivity index (χ2n) is 11.9. The van der Waals surface area contributed by atoms with Crippen LogP contribution in [0.2, 0.25) is 0 Å². The van der Waals surface area contributed by atoms with E-state index in [2.05, 4.69) is 25.2 Å². The van der Waals surface area contributed by atoms with Crippen molar-refractivity contribution < 1.29 is 28.2 Å². The molecule has 2 aliphatic carbocycles. The quantitative estimate of drug-likeness (QED) is 0.358. The molecule has 0 bridgehead atoms. The predicted molar refractivity (Wildman–Crippen MR) is 148 cm³/mol. The minimum absolute atomic E-state index is 0.0281. The van der Waals surface area contributed by atoms with E-state index in [0.29, 0.717) is 5.56 Å². The number of nitrogens with one attached hydrogen (secondary N) is 1. The average Bonchev–Trinajstić information content (AvgIpc) is 3.53. The number of carboxylic acids is 1. The first kappa shape index (κ1) is 26.2. The Balaban J connectivity index is 1.35. The Morgan fingerprint density at radius 1 is 1.05 bits per heavy atom. The van der Waals surface area contributed by atoms with Gasteiger partial charge in [0.2, 0.25) is 0 Å². The smallest absolute Gasteiger partial charge is 0.307 e. The van der Waals surface area contributed by atoms with Gasteiger partial charge in [-0.15, -0.1) is 0 Å². The number of ether oxygens (including phenoxy) is 1. The summed E-state index contributed by atoms with van der Waals surface area (Å²) in [7, 11) is 0. The minimum Gasteiger partial charge on any atom is -0.486 e. The van der Waals surface area contributed by atoms with Crippen molar-refractivity contribution in [2.75, 3.05) is 6.54 Å². The van der Waals surface area contributed by atoms with Crippen LogP contribution in [0.1, 0.15) is 65.7 Å². The third-order valence-corrected chi connectivity index (χ3v) is 8.81. The molecular weight excluding hydrogens is 512 g/mol. The summed E-state index contributed by atoms with van der Waals surface area (Å²) in [5.74, 6) is -3.18. The van der Waals surface area contributed by atoms with Crippen LogP contribution < -0.4 is 10.1 Å². The van der Waals surface area contributed by atoms with Crippen LogP contribution in [0.4, 0.5) is 8.78 Å². The van der Waals surface area contributed by atoms with Crippen LogP contribution in [-0.2, 0) is 16.8 Å². The lowest BCUT2D eigenvalue weighted by molar-refractivity contribution is -0.139. The molecule has 0 unspecified atom stereocenters. The second-order valence-corrected chi connectivity index (χ2v) is 11.9. The van der Waals surface area contributed by atoms with E-state index in [1.165, 1.54) is 18.2 Å². The van der Waals surface area contributed by atoms with Crippen molar-refractivity contribution in [1.82, 2.24) is 5.32 Å². The Morgan fingerprint density at radius 2 is 1.82 bits per heavy atom. The Labute approximate surface area is 231 Å². The van der Waals surface area contributed by atoms with E-state index >= 15 is 4.39 Å². The van der Waals surface area contributed by atoms with Gasteiger partial charge in [0.25, 0.3) is 5.91 Å². The molecule has 206 valence electrons. The van der Waals surface area contributed by atoms with Gasteiger partial charge in [0.05, 0.1) is 5.92 Å². The molecule has 6 rings (SSSR count). The molecule has 0 aromatic heterocycles. The summed E-state index contributed by atoms with van der Waals surface area (Å²) in [6, 6.07) is 13.8. The van der Waals surface area contributed by atoms with Crippen molar-refractivity contribution in [3.8, 4) is 16.9 Å². The second kappa shape index (κ2) is 9.29. The molecule has 2 N–H and O–H groups in total. The molecule has 3 aromatic rings. The van der Waals surface area contributed by atoms with Crippen LogP contribution in [0, 0.1) is 29.9 Å². The lowest BCUT2D eigenvalue weighted by Crippen LogP contribution is -2.41. The van der Waals surface area contributed by atoms with Gasteiger partial charge in [-0.3, -0.25) is 9.59 Å². The molecule has 1 amide bonds. The maximum Gasteiger partial charge on any atom is 0.307 e. The highest BCUT2D eigenvalue weighted by molar-refractivity contribution is 5.99. The summed E-state index contributed by atoms with van der Waals surface area (Å²) in [6.45, 7) is 6.44. The van der Waals surface area contributed by atoms with Gasteiger partial charge in [0.1, 0.15) is 12.4 Å². The number of allylic oxidation sites excluding steroid dienone is 2. The van der Waals surface area contributed by atoms with Crippen molar-refractivity contribution >= 4 is 17.4 Å². The van der Waals surface area contributed by atoms with Gasteiger partial charge < -0.3 is 15.2 Å². The van der Waals surface area contributed by atoms with Gasteiger partial charge in [-0.25, -0.2) is 8.78 Å². The fourth-order valence-corrected chi connectivity index (χ4v) is 6.48. The van der Waals surface area contributed by atoms with Gasteiger partial charge in [-0.2, -0.15) is 0 Å². The van der Waals surface area contributed by atoms with Gasteiger partial charge >= 0.3 is 5.97 Å². The largest absolute Gasteiger partial charge is 0.486 e. The van der Waals surface area contributed by atoms with Crippen LogP contribution in [0.15, 0.2) is 54.6 Å². The normalized spacial score (nSPS) is 22.5. The highest BCUT2D eigenvalue weighted by atomic mass is 19.1. The van der Waals surface area contributed by atoms with Crippen LogP contribution in [-0.4, -0.2) is 23.5 Å². The summed E-state index contributed by atoms with van der Waals surface area (Å²) in [6.07, 6.45) is 4.40. The van der Waals surface area contributed by atoms with Crippen LogP contribution in [0.3, 0.4) is 0 Å². The highest BCUT2D eigenvalue weighted by Crippen LogP contribution is 2.57. The van der Waals surface area contributed by atoms with E-state index in [-0.39, 0.29) is 47.7 Å². The Bertz CT molecular complexity index is 1610. The van der Waals surface area contributed by atoms with E-state index in [9.17, 15) is 19.1 Å². The summed E-state index contributed by atoms with van der Waals surface area (Å²) < 4.78 is 36.8. The van der Waals surface area contributed by atoms with E-state index in [1.807, 2.05) is 31.2 Å². The van der Waals surface area contributed by atoms with E-state index in [0.717, 1.165) is 40.7 Å². The zero-order chi connectivity index (χ0) is 28.4. The number of hydrogen-bond acceptors (Lipinski definition) is 3. The summed E-state index contributed by atoms with van der Waals surface area (Å²) in [5, 5.41) is 12.3. The lowest BCUT2D eigenvalue weighted by atomic mass is 9.79. The molecule has 1 spiro atoms. The topological polar surface area (TPSA) is 75.6 Å². The van der Waals surface area contributed by atoms with E-state index < -0.39 is 29.0 Å². The molecule has 1 aliphatic heterocycles. The monoisotopic (exact) mass is 543 g/mol. The van der Waals surface area contributed by atoms with Crippen molar-refractivity contribution in [3.63, 3.8) is 0 Å². The zero-order valence-electron chi connectivity index (χ0n) is 22.7. The zero-order valence-corrected chi connectivity index (χ0v) is 22.7. The van der Waals surface area contributed by atoms with Gasteiger partial charge in [-0.1, -0.05) is 43.7 Å². The Kier molecular flexibility index (Phi) is 6.09. The molecule has 1 fully saturated rings. The molecule has 7 heteroatoms. The molecule has 3 aromatic carbocycles.